The summed E-state index contributed by atoms with van der Waals surface area (Å²) in [6.45, 7) is 0.467. The molecule has 98 valence electrons. The maximum Gasteiger partial charge on any atom is 0.274 e. The fourth-order valence-electron chi connectivity index (χ4n) is 1.85. The smallest absolute Gasteiger partial charge is 0.274 e. The Labute approximate surface area is 110 Å². The van der Waals surface area contributed by atoms with Crippen LogP contribution < -0.4 is 11.1 Å². The normalized spacial score (nSPS) is 10.2. The van der Waals surface area contributed by atoms with E-state index in [4.69, 9.17) is 4.74 Å². The van der Waals surface area contributed by atoms with Gasteiger partial charge in [-0.05, 0) is 12.1 Å². The molecule has 0 unspecified atom stereocenters. The Hall–Kier alpha value is -2.32. The van der Waals surface area contributed by atoms with Crippen LogP contribution in [0.2, 0.25) is 0 Å². The van der Waals surface area contributed by atoms with Crippen LogP contribution >= 0.6 is 0 Å². The molecule has 1 aromatic heterocycles. The highest BCUT2D eigenvalue weighted by Gasteiger charge is 2.08. The molecule has 0 radical (unpaired) electrons. The minimum Gasteiger partial charge on any atom is -0.372 e. The van der Waals surface area contributed by atoms with Gasteiger partial charge in [0.1, 0.15) is 13.2 Å². The summed E-state index contributed by atoms with van der Waals surface area (Å²) in [6.07, 6.45) is 0. The van der Waals surface area contributed by atoms with Gasteiger partial charge in [-0.15, -0.1) is 0 Å². The van der Waals surface area contributed by atoms with Crippen LogP contribution in [0.1, 0.15) is 0 Å². The Morgan fingerprint density at radius 2 is 1.74 bits per heavy atom. The first-order chi connectivity index (χ1) is 9.16. The molecule has 5 heteroatoms. The highest BCUT2D eigenvalue weighted by molar-refractivity contribution is 5.80. The van der Waals surface area contributed by atoms with Crippen molar-refractivity contribution < 1.29 is 4.74 Å². The summed E-state index contributed by atoms with van der Waals surface area (Å²) in [6, 6.07) is 6.79. The number of ether oxygens (including phenoxy) is 1. The van der Waals surface area contributed by atoms with Crippen molar-refractivity contribution in [2.45, 2.75) is 6.54 Å². The van der Waals surface area contributed by atoms with E-state index < -0.39 is 0 Å². The summed E-state index contributed by atoms with van der Waals surface area (Å²) in [5, 5.41) is 0.843. The standard InChI is InChI=1S/C14H14N2O3/c1-15-13(17)11-7-3-4-8-12(11)14(18)16(15)9-5-6-10-19-2/h3-4,7-8H,9-10H2,1-2H3. The molecule has 1 aromatic carbocycles. The summed E-state index contributed by atoms with van der Waals surface area (Å²) in [7, 11) is 3.11. The Kier molecular flexibility index (Phi) is 3.83. The molecular formula is C14H14N2O3. The molecule has 0 amide bonds. The number of methoxy groups -OCH3 is 1. The molecule has 0 atom stereocenters. The molecule has 0 N–H and O–H groups in total. The quantitative estimate of drug-likeness (QED) is 0.730. The second-order valence-electron chi connectivity index (χ2n) is 4.02. The second kappa shape index (κ2) is 5.55. The van der Waals surface area contributed by atoms with Crippen molar-refractivity contribution in [1.82, 2.24) is 9.36 Å². The van der Waals surface area contributed by atoms with Gasteiger partial charge < -0.3 is 4.74 Å². The molecule has 0 spiro atoms. The van der Waals surface area contributed by atoms with Gasteiger partial charge in [-0.3, -0.25) is 9.59 Å². The van der Waals surface area contributed by atoms with Crippen molar-refractivity contribution in [2.75, 3.05) is 13.7 Å². The van der Waals surface area contributed by atoms with Gasteiger partial charge in [-0.2, -0.15) is 0 Å². The number of nitrogens with zero attached hydrogens (tertiary/aromatic N) is 2. The lowest BCUT2D eigenvalue weighted by atomic mass is 10.2. The van der Waals surface area contributed by atoms with Crippen LogP contribution in [0.4, 0.5) is 0 Å². The second-order valence-corrected chi connectivity index (χ2v) is 4.02. The van der Waals surface area contributed by atoms with E-state index in [1.54, 1.807) is 38.4 Å². The summed E-state index contributed by atoms with van der Waals surface area (Å²) in [4.78, 5) is 24.4. The van der Waals surface area contributed by atoms with E-state index in [0.717, 1.165) is 0 Å². The molecule has 0 bridgehead atoms. The molecule has 2 aromatic rings. The molecule has 0 aliphatic heterocycles. The van der Waals surface area contributed by atoms with Crippen LogP contribution in [-0.4, -0.2) is 23.1 Å². The molecule has 0 fully saturated rings. The number of aromatic nitrogens is 2. The van der Waals surface area contributed by atoms with E-state index in [-0.39, 0.29) is 17.7 Å². The SMILES string of the molecule is COCC#CCn1c(=O)c2ccccc2c(=O)n1C. The van der Waals surface area contributed by atoms with Crippen LogP contribution in [0.15, 0.2) is 33.9 Å². The van der Waals surface area contributed by atoms with E-state index in [1.807, 2.05) is 0 Å². The molecule has 0 saturated carbocycles. The van der Waals surface area contributed by atoms with Crippen LogP contribution in [0.5, 0.6) is 0 Å². The number of rotatable bonds is 2. The lowest BCUT2D eigenvalue weighted by Gasteiger charge is -2.10. The van der Waals surface area contributed by atoms with Crippen LogP contribution in [-0.2, 0) is 18.3 Å². The first-order valence-corrected chi connectivity index (χ1v) is 5.80. The maximum absolute atomic E-state index is 12.3. The van der Waals surface area contributed by atoms with Gasteiger partial charge in [0.15, 0.2) is 0 Å². The van der Waals surface area contributed by atoms with Crippen molar-refractivity contribution >= 4 is 10.8 Å². The van der Waals surface area contributed by atoms with Gasteiger partial charge in [0.05, 0.1) is 10.8 Å². The molecule has 1 heterocycles. The average Bonchev–Trinajstić information content (AvgIpc) is 2.44. The third-order valence-electron chi connectivity index (χ3n) is 2.85. The topological polar surface area (TPSA) is 53.2 Å². The van der Waals surface area contributed by atoms with E-state index in [1.165, 1.54) is 9.36 Å². The van der Waals surface area contributed by atoms with Gasteiger partial charge >= 0.3 is 0 Å². The summed E-state index contributed by atoms with van der Waals surface area (Å²) >= 11 is 0. The molecule has 5 nitrogen and oxygen atoms in total. The van der Waals surface area contributed by atoms with E-state index in [0.29, 0.717) is 17.4 Å². The summed E-state index contributed by atoms with van der Waals surface area (Å²) in [5.41, 5.74) is -0.423. The fraction of sp³-hybridized carbons (Fsp3) is 0.286. The third-order valence-corrected chi connectivity index (χ3v) is 2.85. The predicted molar refractivity (Wildman–Crippen MR) is 73.1 cm³/mol. The average molecular weight is 258 g/mol. The zero-order chi connectivity index (χ0) is 13.8. The zero-order valence-electron chi connectivity index (χ0n) is 10.8. The highest BCUT2D eigenvalue weighted by atomic mass is 16.5. The van der Waals surface area contributed by atoms with Crippen LogP contribution in [0, 0.1) is 11.8 Å². The van der Waals surface area contributed by atoms with Crippen LogP contribution in [0.25, 0.3) is 10.8 Å². The van der Waals surface area contributed by atoms with E-state index in [9.17, 15) is 9.59 Å². The number of hydrogen-bond donors (Lipinski definition) is 0. The molecular weight excluding hydrogens is 244 g/mol. The monoisotopic (exact) mass is 258 g/mol. The van der Waals surface area contributed by atoms with Crippen molar-refractivity contribution in [3.8, 4) is 11.8 Å². The maximum atomic E-state index is 12.3. The van der Waals surface area contributed by atoms with Crippen molar-refractivity contribution in [1.29, 1.82) is 0 Å². The Morgan fingerprint density at radius 3 is 2.37 bits per heavy atom. The Bertz CT molecular complexity index is 775. The largest absolute Gasteiger partial charge is 0.372 e. The molecule has 2 rings (SSSR count). The van der Waals surface area contributed by atoms with Gasteiger partial charge in [0.2, 0.25) is 0 Å². The summed E-state index contributed by atoms with van der Waals surface area (Å²) in [5.74, 6) is 5.56. The Balaban J connectivity index is 2.60. The van der Waals surface area contributed by atoms with Gasteiger partial charge in [-0.1, -0.05) is 24.0 Å². The van der Waals surface area contributed by atoms with E-state index in [2.05, 4.69) is 11.8 Å². The third kappa shape index (κ3) is 2.44. The van der Waals surface area contributed by atoms with Crippen molar-refractivity contribution in [2.24, 2.45) is 7.05 Å². The lowest BCUT2D eigenvalue weighted by molar-refractivity contribution is 0.239. The minimum absolute atomic E-state index is 0.165. The first-order valence-electron chi connectivity index (χ1n) is 5.80. The van der Waals surface area contributed by atoms with Gasteiger partial charge in [-0.25, -0.2) is 9.36 Å². The fourth-order valence-corrected chi connectivity index (χ4v) is 1.85. The number of fused-ring (bicyclic) bond motifs is 1. The van der Waals surface area contributed by atoms with Crippen molar-refractivity contribution in [3.63, 3.8) is 0 Å². The van der Waals surface area contributed by atoms with Crippen molar-refractivity contribution in [3.05, 3.63) is 45.0 Å². The highest BCUT2D eigenvalue weighted by Crippen LogP contribution is 2.02. The van der Waals surface area contributed by atoms with E-state index >= 15 is 0 Å². The van der Waals surface area contributed by atoms with Gasteiger partial charge in [0, 0.05) is 14.2 Å². The number of benzene rings is 1. The zero-order valence-corrected chi connectivity index (χ0v) is 10.8. The summed E-state index contributed by atoms with van der Waals surface area (Å²) < 4.78 is 7.43. The first kappa shape index (κ1) is 13.1. The van der Waals surface area contributed by atoms with Gasteiger partial charge in [0.25, 0.3) is 11.1 Å². The van der Waals surface area contributed by atoms with Crippen LogP contribution in [0.3, 0.4) is 0 Å². The molecule has 0 aliphatic carbocycles. The molecule has 0 aliphatic rings. The minimum atomic E-state index is -0.218. The predicted octanol–water partition coefficient (Wildman–Crippen LogP) is 0.350. The Morgan fingerprint density at radius 1 is 1.11 bits per heavy atom. The molecule has 0 saturated heterocycles. The lowest BCUT2D eigenvalue weighted by Crippen LogP contribution is -2.36. The number of hydrogen-bond acceptors (Lipinski definition) is 3. The molecule has 19 heavy (non-hydrogen) atoms.